The van der Waals surface area contributed by atoms with Crippen molar-refractivity contribution in [2.75, 3.05) is 13.2 Å². The van der Waals surface area contributed by atoms with Crippen LogP contribution in [0, 0.1) is 6.92 Å². The highest BCUT2D eigenvalue weighted by Gasteiger charge is 2.53. The van der Waals surface area contributed by atoms with Crippen LogP contribution in [0.1, 0.15) is 51.4 Å². The van der Waals surface area contributed by atoms with Crippen LogP contribution >= 0.6 is 0 Å². The second-order valence-corrected chi connectivity index (χ2v) is 10.6. The van der Waals surface area contributed by atoms with Crippen molar-refractivity contribution < 1.29 is 52.3 Å². The Balaban J connectivity index is 1.79. The molecule has 0 amide bonds. The monoisotopic (exact) mass is 638 g/mol. The van der Waals surface area contributed by atoms with Crippen LogP contribution in [-0.2, 0) is 49.3 Å². The maximum Gasteiger partial charge on any atom is 0.303 e. The Morgan fingerprint density at radius 3 is 2.00 bits per heavy atom. The molecule has 0 aliphatic carbocycles. The lowest BCUT2D eigenvalue weighted by Gasteiger charge is -2.43. The smallest absolute Gasteiger partial charge is 0.303 e. The topological polar surface area (TPSA) is 151 Å². The summed E-state index contributed by atoms with van der Waals surface area (Å²) in [6, 6.07) is 17.0. The fourth-order valence-electron chi connectivity index (χ4n) is 5.10. The number of carbonyl (C=O) groups is 4. The van der Waals surface area contributed by atoms with Gasteiger partial charge in [-0.2, -0.15) is 0 Å². The molecule has 5 atom stereocenters. The molecule has 3 aromatic rings. The van der Waals surface area contributed by atoms with E-state index in [0.717, 1.165) is 36.5 Å². The van der Waals surface area contributed by atoms with E-state index in [2.05, 4.69) is 0 Å². The molecule has 13 heteroatoms. The maximum absolute atomic E-state index is 12.3. The molecule has 13 nitrogen and oxygen atoms in total. The predicted molar refractivity (Wildman–Crippen MR) is 161 cm³/mol. The van der Waals surface area contributed by atoms with E-state index in [0.29, 0.717) is 18.6 Å². The number of ether oxygens (including phenoxy) is 7. The van der Waals surface area contributed by atoms with Gasteiger partial charge in [-0.1, -0.05) is 30.3 Å². The number of hydrogen-bond donors (Lipinski definition) is 0. The summed E-state index contributed by atoms with van der Waals surface area (Å²) < 4.78 is 41.6. The Hall–Kier alpha value is -4.91. The zero-order valence-corrected chi connectivity index (χ0v) is 26.6. The molecule has 0 bridgehead atoms. The molecule has 0 saturated carbocycles. The van der Waals surface area contributed by atoms with Crippen molar-refractivity contribution in [3.05, 3.63) is 71.4 Å². The first kappa shape index (κ1) is 34.0. The van der Waals surface area contributed by atoms with Crippen molar-refractivity contribution in [1.29, 1.82) is 0 Å². The quantitative estimate of drug-likeness (QED) is 0.210. The molecule has 1 aliphatic rings. The second-order valence-electron chi connectivity index (χ2n) is 10.6. The van der Waals surface area contributed by atoms with Crippen LogP contribution in [0.15, 0.2) is 54.6 Å². The van der Waals surface area contributed by atoms with Gasteiger partial charge in [-0.05, 0) is 43.7 Å². The van der Waals surface area contributed by atoms with Crippen LogP contribution in [-0.4, -0.2) is 77.6 Å². The molecule has 1 aliphatic heterocycles. The van der Waals surface area contributed by atoms with E-state index in [4.69, 9.17) is 38.3 Å². The van der Waals surface area contributed by atoms with Gasteiger partial charge >= 0.3 is 23.9 Å². The summed E-state index contributed by atoms with van der Waals surface area (Å²) >= 11 is 0. The third kappa shape index (κ3) is 8.62. The lowest BCUT2D eigenvalue weighted by molar-refractivity contribution is -0.289. The number of nitrogens with zero attached hydrogens (tertiary/aromatic N) is 2. The minimum atomic E-state index is -1.43. The van der Waals surface area contributed by atoms with Crippen molar-refractivity contribution in [1.82, 2.24) is 9.78 Å². The molecule has 1 fully saturated rings. The van der Waals surface area contributed by atoms with E-state index >= 15 is 0 Å². The van der Waals surface area contributed by atoms with E-state index < -0.39 is 54.6 Å². The normalized spacial score (nSPS) is 20.7. The number of carbonyl (C=O) groups excluding carboxylic acids is 4. The highest BCUT2D eigenvalue weighted by molar-refractivity contribution is 5.68. The van der Waals surface area contributed by atoms with E-state index in [1.165, 1.54) is 13.8 Å². The molecule has 0 N–H and O–H groups in total. The van der Waals surface area contributed by atoms with Gasteiger partial charge in [0, 0.05) is 45.4 Å². The first-order chi connectivity index (χ1) is 22.0. The summed E-state index contributed by atoms with van der Waals surface area (Å²) in [5, 5.41) is 4.75. The predicted octanol–water partition coefficient (Wildman–Crippen LogP) is 3.63. The highest BCUT2D eigenvalue weighted by atomic mass is 16.7. The molecule has 0 spiro atoms. The standard InChI is InChI=1S/C33H38N2O11/c1-7-40-26-15-13-24(14-16-26)17-27-19(2)35(25-11-9-8-10-12-25)34-32(27)46-33-31(44-23(6)39)30(43-22(5)38)29(42-21(4)37)28(45-33)18-41-20(3)36/h8-16,28-31,33H,7,17-18H2,1-6H3/t28-,29-,30+,31-,33?/m1/s1. The van der Waals surface area contributed by atoms with Gasteiger partial charge < -0.3 is 33.2 Å². The molecule has 4 rings (SSSR count). The summed E-state index contributed by atoms with van der Waals surface area (Å²) in [6.45, 7) is 8.64. The summed E-state index contributed by atoms with van der Waals surface area (Å²) in [6.07, 6.45) is -6.29. The number of para-hydroxylation sites is 1. The summed E-state index contributed by atoms with van der Waals surface area (Å²) in [5.74, 6) is -1.95. The van der Waals surface area contributed by atoms with Crippen LogP contribution in [0.3, 0.4) is 0 Å². The van der Waals surface area contributed by atoms with E-state index in [-0.39, 0.29) is 12.5 Å². The molecule has 246 valence electrons. The number of rotatable bonds is 12. The van der Waals surface area contributed by atoms with Crippen molar-refractivity contribution in [2.24, 2.45) is 0 Å². The van der Waals surface area contributed by atoms with Gasteiger partial charge in [0.2, 0.25) is 18.3 Å². The first-order valence-corrected chi connectivity index (χ1v) is 14.8. The second kappa shape index (κ2) is 15.4. The van der Waals surface area contributed by atoms with E-state index in [1.807, 2.05) is 68.4 Å². The molecular formula is C33H38N2O11. The minimum Gasteiger partial charge on any atom is -0.494 e. The molecule has 46 heavy (non-hydrogen) atoms. The zero-order valence-electron chi connectivity index (χ0n) is 26.6. The lowest BCUT2D eigenvalue weighted by atomic mass is 9.98. The first-order valence-electron chi connectivity index (χ1n) is 14.8. The number of aromatic nitrogens is 2. The molecule has 0 radical (unpaired) electrons. The third-order valence-electron chi connectivity index (χ3n) is 7.00. The summed E-state index contributed by atoms with van der Waals surface area (Å²) in [7, 11) is 0. The molecule has 2 aromatic carbocycles. The van der Waals surface area contributed by atoms with Gasteiger partial charge in [-0.15, -0.1) is 5.10 Å². The van der Waals surface area contributed by atoms with Crippen LogP contribution in [0.25, 0.3) is 5.69 Å². The van der Waals surface area contributed by atoms with Crippen molar-refractivity contribution in [3.8, 4) is 17.3 Å². The fraction of sp³-hybridized carbons (Fsp3) is 0.424. The minimum absolute atomic E-state index is 0.149. The largest absolute Gasteiger partial charge is 0.494 e. The molecule has 1 aromatic heterocycles. The molecule has 1 unspecified atom stereocenters. The van der Waals surface area contributed by atoms with E-state index in [9.17, 15) is 19.2 Å². The summed E-state index contributed by atoms with van der Waals surface area (Å²) in [4.78, 5) is 48.4. The fourth-order valence-corrected chi connectivity index (χ4v) is 5.10. The van der Waals surface area contributed by atoms with Gasteiger partial charge in [0.1, 0.15) is 18.5 Å². The highest BCUT2D eigenvalue weighted by Crippen LogP contribution is 2.34. The molecule has 1 saturated heterocycles. The Kier molecular flexibility index (Phi) is 11.4. The average molecular weight is 639 g/mol. The van der Waals surface area contributed by atoms with Crippen molar-refractivity contribution in [2.45, 2.75) is 78.7 Å². The summed E-state index contributed by atoms with van der Waals surface area (Å²) in [5.41, 5.74) is 3.16. The van der Waals surface area contributed by atoms with Crippen LogP contribution in [0.4, 0.5) is 0 Å². The average Bonchev–Trinajstić information content (AvgIpc) is 3.30. The van der Waals surface area contributed by atoms with Crippen molar-refractivity contribution >= 4 is 23.9 Å². The Bertz CT molecular complexity index is 1520. The van der Waals surface area contributed by atoms with Crippen molar-refractivity contribution in [3.63, 3.8) is 0 Å². The van der Waals surface area contributed by atoms with Gasteiger partial charge in [-0.3, -0.25) is 19.2 Å². The van der Waals surface area contributed by atoms with E-state index in [1.54, 1.807) is 4.68 Å². The third-order valence-corrected chi connectivity index (χ3v) is 7.00. The van der Waals surface area contributed by atoms with Gasteiger partial charge in [-0.25, -0.2) is 4.68 Å². The van der Waals surface area contributed by atoms with Crippen LogP contribution < -0.4 is 9.47 Å². The SMILES string of the molecule is CCOc1ccc(Cc2c(OC3O[C@H](COC(C)=O)[C@@H](OC(C)=O)[C@H](OC(C)=O)[C@H]3OC(C)=O)nn(-c3ccccc3)c2C)cc1. The lowest BCUT2D eigenvalue weighted by Crippen LogP contribution is -2.63. The molecular weight excluding hydrogens is 600 g/mol. The molecule has 2 heterocycles. The Morgan fingerprint density at radius 2 is 1.41 bits per heavy atom. The Labute approximate surface area is 266 Å². The number of hydrogen-bond acceptors (Lipinski definition) is 12. The zero-order chi connectivity index (χ0) is 33.4. The van der Waals surface area contributed by atoms with Gasteiger partial charge in [0.05, 0.1) is 12.3 Å². The maximum atomic E-state index is 12.3. The van der Waals surface area contributed by atoms with Crippen LogP contribution in [0.2, 0.25) is 0 Å². The van der Waals surface area contributed by atoms with Gasteiger partial charge in [0.25, 0.3) is 0 Å². The van der Waals surface area contributed by atoms with Gasteiger partial charge in [0.15, 0.2) is 12.2 Å². The number of esters is 4. The number of benzene rings is 2. The van der Waals surface area contributed by atoms with Crippen LogP contribution in [0.5, 0.6) is 11.6 Å². The Morgan fingerprint density at radius 1 is 0.804 bits per heavy atom.